The van der Waals surface area contributed by atoms with Crippen molar-refractivity contribution in [2.45, 2.75) is 59.2 Å². The molecule has 0 aliphatic carbocycles. The zero-order chi connectivity index (χ0) is 20.3. The molecule has 0 atom stereocenters. The fraction of sp³-hybridized carbons (Fsp3) is 0.636. The van der Waals surface area contributed by atoms with Gasteiger partial charge in [0, 0.05) is 68.4 Å². The summed E-state index contributed by atoms with van der Waals surface area (Å²) in [5, 5.41) is 4.58. The van der Waals surface area contributed by atoms with Gasteiger partial charge in [0.05, 0.1) is 18.5 Å². The minimum absolute atomic E-state index is 0.628. The maximum atomic E-state index is 5.56. The fourth-order valence-corrected chi connectivity index (χ4v) is 4.37. The summed E-state index contributed by atoms with van der Waals surface area (Å²) in [6.07, 6.45) is 7.49. The van der Waals surface area contributed by atoms with Crippen molar-refractivity contribution in [1.82, 2.24) is 24.6 Å². The number of hydrogen-bond donors (Lipinski definition) is 0. The number of aromatic nitrogens is 3. The number of nitrogens with zero attached hydrogens (tertiary/aromatic N) is 5. The average Bonchev–Trinajstić information content (AvgIpc) is 3.04. The van der Waals surface area contributed by atoms with E-state index < -0.39 is 0 Å². The van der Waals surface area contributed by atoms with Gasteiger partial charge in [0.15, 0.2) is 0 Å². The molecule has 6 nitrogen and oxygen atoms in total. The molecular weight excluding hydrogens is 350 g/mol. The zero-order valence-electron chi connectivity index (χ0n) is 18.3. The van der Waals surface area contributed by atoms with Crippen LogP contribution in [0.1, 0.15) is 47.8 Å². The van der Waals surface area contributed by atoms with E-state index in [2.05, 4.69) is 53.9 Å². The summed E-state index contributed by atoms with van der Waals surface area (Å²) < 4.78 is 7.50. The van der Waals surface area contributed by atoms with Gasteiger partial charge in [-0.05, 0) is 40.2 Å². The molecule has 2 aromatic heterocycles. The average molecular weight is 386 g/mol. The normalized spacial score (nSPS) is 16.1. The Labute approximate surface area is 169 Å². The molecule has 0 radical (unpaired) electrons. The van der Waals surface area contributed by atoms with Crippen LogP contribution in [0.3, 0.4) is 0 Å². The molecule has 28 heavy (non-hydrogen) atoms. The number of aryl methyl sites for hydroxylation is 3. The predicted molar refractivity (Wildman–Crippen MR) is 113 cm³/mol. The van der Waals surface area contributed by atoms with Crippen LogP contribution in [0.15, 0.2) is 12.4 Å². The van der Waals surface area contributed by atoms with E-state index in [9.17, 15) is 0 Å². The standard InChI is InChI=1S/C22H35N5O/c1-7-20-18(14-26(5)24-20)13-25(4)19-8-10-27(11-9-19)15-21-17(3)22(28-6)16(2)12-23-21/h12,14,19H,7-11,13,15H2,1-6H3. The van der Waals surface area contributed by atoms with Crippen molar-refractivity contribution >= 4 is 0 Å². The Kier molecular flexibility index (Phi) is 6.73. The molecule has 0 unspecified atom stereocenters. The van der Waals surface area contributed by atoms with Gasteiger partial charge >= 0.3 is 0 Å². The molecule has 1 aliphatic rings. The fourth-order valence-electron chi connectivity index (χ4n) is 4.37. The van der Waals surface area contributed by atoms with E-state index >= 15 is 0 Å². The Morgan fingerprint density at radius 1 is 1.21 bits per heavy atom. The molecule has 154 valence electrons. The molecule has 0 amide bonds. The van der Waals surface area contributed by atoms with Crippen molar-refractivity contribution in [3.63, 3.8) is 0 Å². The van der Waals surface area contributed by atoms with Crippen LogP contribution in [0.2, 0.25) is 0 Å². The molecule has 2 aromatic rings. The first-order valence-electron chi connectivity index (χ1n) is 10.4. The molecule has 0 saturated carbocycles. The summed E-state index contributed by atoms with van der Waals surface area (Å²) >= 11 is 0. The van der Waals surface area contributed by atoms with Gasteiger partial charge in [-0.15, -0.1) is 0 Å². The first-order valence-corrected chi connectivity index (χ1v) is 10.4. The summed E-state index contributed by atoms with van der Waals surface area (Å²) in [7, 11) is 6.01. The van der Waals surface area contributed by atoms with Gasteiger partial charge in [0.25, 0.3) is 0 Å². The second-order valence-electron chi connectivity index (χ2n) is 8.10. The molecule has 1 fully saturated rings. The number of methoxy groups -OCH3 is 1. The van der Waals surface area contributed by atoms with E-state index in [0.29, 0.717) is 6.04 Å². The molecular formula is C22H35N5O. The van der Waals surface area contributed by atoms with Crippen LogP contribution >= 0.6 is 0 Å². The minimum atomic E-state index is 0.628. The van der Waals surface area contributed by atoms with Gasteiger partial charge in [0.1, 0.15) is 5.75 Å². The van der Waals surface area contributed by atoms with Gasteiger partial charge in [-0.2, -0.15) is 5.10 Å². The first kappa shape index (κ1) is 20.8. The van der Waals surface area contributed by atoms with Crippen molar-refractivity contribution in [3.05, 3.63) is 40.5 Å². The largest absolute Gasteiger partial charge is 0.496 e. The lowest BCUT2D eigenvalue weighted by molar-refractivity contribution is 0.118. The van der Waals surface area contributed by atoms with Crippen LogP contribution in [-0.4, -0.2) is 57.9 Å². The van der Waals surface area contributed by atoms with E-state index in [0.717, 1.165) is 49.6 Å². The van der Waals surface area contributed by atoms with E-state index in [1.165, 1.54) is 29.7 Å². The van der Waals surface area contributed by atoms with Crippen LogP contribution in [0.25, 0.3) is 0 Å². The smallest absolute Gasteiger partial charge is 0.128 e. The monoisotopic (exact) mass is 385 g/mol. The SMILES string of the molecule is CCc1nn(C)cc1CN(C)C1CCN(Cc2ncc(C)c(OC)c2C)CC1. The Morgan fingerprint density at radius 2 is 1.93 bits per heavy atom. The number of pyridine rings is 1. The lowest BCUT2D eigenvalue weighted by Gasteiger charge is -2.36. The number of likely N-dealkylation sites (tertiary alicyclic amines) is 1. The van der Waals surface area contributed by atoms with E-state index in [1.54, 1.807) is 7.11 Å². The highest BCUT2D eigenvalue weighted by molar-refractivity contribution is 5.41. The van der Waals surface area contributed by atoms with Crippen molar-refractivity contribution in [1.29, 1.82) is 0 Å². The maximum absolute atomic E-state index is 5.56. The van der Waals surface area contributed by atoms with Gasteiger partial charge in [-0.25, -0.2) is 0 Å². The third kappa shape index (κ3) is 4.55. The Hall–Kier alpha value is -1.92. The van der Waals surface area contributed by atoms with Crippen molar-refractivity contribution in [2.24, 2.45) is 7.05 Å². The third-order valence-corrected chi connectivity index (χ3v) is 6.05. The molecule has 0 spiro atoms. The van der Waals surface area contributed by atoms with Crippen molar-refractivity contribution < 1.29 is 4.74 Å². The third-order valence-electron chi connectivity index (χ3n) is 6.05. The lowest BCUT2D eigenvalue weighted by Crippen LogP contribution is -2.43. The molecule has 3 rings (SSSR count). The highest BCUT2D eigenvalue weighted by Crippen LogP contribution is 2.26. The molecule has 0 bridgehead atoms. The van der Waals surface area contributed by atoms with Crippen LogP contribution in [0, 0.1) is 13.8 Å². The number of piperidine rings is 1. The van der Waals surface area contributed by atoms with Crippen molar-refractivity contribution in [3.8, 4) is 5.75 Å². The van der Waals surface area contributed by atoms with E-state index in [4.69, 9.17) is 4.74 Å². The minimum Gasteiger partial charge on any atom is -0.496 e. The molecule has 1 saturated heterocycles. The highest BCUT2D eigenvalue weighted by Gasteiger charge is 2.24. The van der Waals surface area contributed by atoms with Crippen LogP contribution in [0.5, 0.6) is 5.75 Å². The quantitative estimate of drug-likeness (QED) is 0.733. The summed E-state index contributed by atoms with van der Waals surface area (Å²) in [6, 6.07) is 0.628. The van der Waals surface area contributed by atoms with Gasteiger partial charge in [0.2, 0.25) is 0 Å². The van der Waals surface area contributed by atoms with Gasteiger partial charge in [-0.1, -0.05) is 6.92 Å². The maximum Gasteiger partial charge on any atom is 0.128 e. The van der Waals surface area contributed by atoms with E-state index in [1.807, 2.05) is 17.9 Å². The summed E-state index contributed by atoms with van der Waals surface area (Å²) in [6.45, 7) is 10.5. The Bertz CT molecular complexity index is 792. The second-order valence-corrected chi connectivity index (χ2v) is 8.10. The topological polar surface area (TPSA) is 46.4 Å². The lowest BCUT2D eigenvalue weighted by atomic mass is 10.0. The van der Waals surface area contributed by atoms with E-state index in [-0.39, 0.29) is 0 Å². The first-order chi connectivity index (χ1) is 13.4. The van der Waals surface area contributed by atoms with Crippen LogP contribution in [0.4, 0.5) is 0 Å². The van der Waals surface area contributed by atoms with Crippen LogP contribution < -0.4 is 4.74 Å². The highest BCUT2D eigenvalue weighted by atomic mass is 16.5. The molecule has 6 heteroatoms. The molecule has 1 aliphatic heterocycles. The molecule has 0 aromatic carbocycles. The predicted octanol–water partition coefficient (Wildman–Crippen LogP) is 3.10. The number of ether oxygens (including phenoxy) is 1. The number of rotatable bonds is 7. The Morgan fingerprint density at radius 3 is 2.57 bits per heavy atom. The van der Waals surface area contributed by atoms with Crippen molar-refractivity contribution in [2.75, 3.05) is 27.2 Å². The second kappa shape index (κ2) is 9.05. The van der Waals surface area contributed by atoms with Gasteiger partial charge < -0.3 is 4.74 Å². The molecule has 0 N–H and O–H groups in total. The zero-order valence-corrected chi connectivity index (χ0v) is 18.3. The summed E-state index contributed by atoms with van der Waals surface area (Å²) in [5.74, 6) is 0.975. The Balaban J connectivity index is 1.56. The van der Waals surface area contributed by atoms with Crippen LogP contribution in [-0.2, 0) is 26.6 Å². The number of hydrogen-bond acceptors (Lipinski definition) is 5. The summed E-state index contributed by atoms with van der Waals surface area (Å²) in [4.78, 5) is 9.70. The summed E-state index contributed by atoms with van der Waals surface area (Å²) in [5.41, 5.74) is 6.00. The van der Waals surface area contributed by atoms with Gasteiger partial charge in [-0.3, -0.25) is 19.5 Å². The molecule has 3 heterocycles.